The zero-order chi connectivity index (χ0) is 45.6. The molecule has 8 heterocycles. The molecule has 17 nitrogen and oxygen atoms in total. The molecule has 66 heavy (non-hydrogen) atoms. The quantitative estimate of drug-likeness (QED) is 0.169. The lowest BCUT2D eigenvalue weighted by Gasteiger charge is -2.43. The number of amides is 2. The molecule has 0 bridgehead atoms. The van der Waals surface area contributed by atoms with Gasteiger partial charge in [0.1, 0.15) is 23.3 Å². The second kappa shape index (κ2) is 16.0. The largest absolute Gasteiger partial charge is 0.480 e. The van der Waals surface area contributed by atoms with Crippen LogP contribution >= 0.6 is 0 Å². The van der Waals surface area contributed by atoms with Gasteiger partial charge in [0, 0.05) is 88.4 Å². The highest BCUT2D eigenvalue weighted by Gasteiger charge is 2.51. The van der Waals surface area contributed by atoms with E-state index in [2.05, 4.69) is 54.8 Å². The lowest BCUT2D eigenvalue weighted by Crippen LogP contribution is -2.54. The first kappa shape index (κ1) is 41.9. The van der Waals surface area contributed by atoms with Gasteiger partial charge in [0.15, 0.2) is 12.3 Å². The summed E-state index contributed by atoms with van der Waals surface area (Å²) < 4.78 is 41.1. The molecule has 4 fully saturated rings. The van der Waals surface area contributed by atoms with E-state index in [0.29, 0.717) is 71.0 Å². The van der Waals surface area contributed by atoms with E-state index >= 15 is 8.78 Å². The van der Waals surface area contributed by atoms with Crippen molar-refractivity contribution in [2.45, 2.75) is 69.4 Å². The summed E-state index contributed by atoms with van der Waals surface area (Å²) in [4.78, 5) is 50.2. The summed E-state index contributed by atoms with van der Waals surface area (Å²) in [5.41, 5.74) is 4.55. The van der Waals surface area contributed by atoms with E-state index < -0.39 is 30.0 Å². The van der Waals surface area contributed by atoms with E-state index in [0.717, 1.165) is 74.4 Å². The van der Waals surface area contributed by atoms with E-state index in [-0.39, 0.29) is 35.2 Å². The van der Waals surface area contributed by atoms with E-state index in [4.69, 9.17) is 14.8 Å². The van der Waals surface area contributed by atoms with Crippen LogP contribution < -0.4 is 36.0 Å². The summed E-state index contributed by atoms with van der Waals surface area (Å²) >= 11 is 0. The molecule has 4 aliphatic heterocycles. The number of hydrogen-bond acceptors (Lipinski definition) is 13. The summed E-state index contributed by atoms with van der Waals surface area (Å²) in [5.74, 6) is -2.66. The maximum absolute atomic E-state index is 15.3. The van der Waals surface area contributed by atoms with Crippen LogP contribution in [0.5, 0.6) is 5.75 Å². The van der Waals surface area contributed by atoms with Crippen LogP contribution in [0, 0.1) is 23.2 Å². The molecule has 1 saturated carbocycles. The van der Waals surface area contributed by atoms with Crippen LogP contribution in [0.1, 0.15) is 62.6 Å². The molecular formula is C47H51F2N13O4. The molecule has 0 radical (unpaired) electrons. The molecule has 2 amide bonds. The highest BCUT2D eigenvalue weighted by Crippen LogP contribution is 2.46. The Morgan fingerprint density at radius 2 is 1.80 bits per heavy atom. The molecule has 342 valence electrons. The average molecular weight is 900 g/mol. The maximum Gasteiger partial charge on any atom is 0.301 e. The van der Waals surface area contributed by atoms with Crippen molar-refractivity contribution in [2.24, 2.45) is 25.9 Å². The van der Waals surface area contributed by atoms with Gasteiger partial charge in [-0.2, -0.15) is 20.0 Å². The number of hydrogen-bond donors (Lipinski definition) is 3. The fourth-order valence-corrected chi connectivity index (χ4v) is 10.7. The first-order chi connectivity index (χ1) is 31.8. The first-order valence-corrected chi connectivity index (χ1v) is 22.9. The van der Waals surface area contributed by atoms with Gasteiger partial charge >= 0.3 is 5.92 Å². The van der Waals surface area contributed by atoms with Gasteiger partial charge in [0.25, 0.3) is 5.56 Å². The zero-order valence-corrected chi connectivity index (χ0v) is 37.1. The Kier molecular flexibility index (Phi) is 10.1. The Balaban J connectivity index is 0.791. The number of piperazine rings is 1. The fourth-order valence-electron chi connectivity index (χ4n) is 10.7. The number of benzene rings is 2. The van der Waals surface area contributed by atoms with Crippen molar-refractivity contribution < 1.29 is 23.1 Å². The van der Waals surface area contributed by atoms with Crippen molar-refractivity contribution in [2.75, 3.05) is 66.3 Å². The number of piperidine rings is 2. The number of halogens is 2. The number of fused-ring (bicyclic) bond motifs is 5. The number of anilines is 5. The number of alkyl halides is 2. The fraction of sp³-hybridized carbons (Fsp3) is 0.468. The van der Waals surface area contributed by atoms with Gasteiger partial charge in [0.05, 0.1) is 46.3 Å². The predicted octanol–water partition coefficient (Wildman–Crippen LogP) is 5.25. The summed E-state index contributed by atoms with van der Waals surface area (Å²) in [6.07, 6.45) is 5.71. The third kappa shape index (κ3) is 7.22. The highest BCUT2D eigenvalue weighted by molar-refractivity contribution is 6.04. The van der Waals surface area contributed by atoms with Gasteiger partial charge in [-0.3, -0.25) is 29.3 Å². The lowest BCUT2D eigenvalue weighted by molar-refractivity contribution is -0.134. The predicted molar refractivity (Wildman–Crippen MR) is 245 cm³/mol. The number of nitrogens with zero attached hydrogens (tertiary/aromatic N) is 10. The Labute approximate surface area is 378 Å². The third-order valence-electron chi connectivity index (χ3n) is 14.4. The number of nitrogens with one attached hydrogen (secondary N) is 3. The molecule has 3 atom stereocenters. The van der Waals surface area contributed by atoms with Gasteiger partial charge in [0.2, 0.25) is 17.6 Å². The molecule has 0 spiro atoms. The molecule has 11 rings (SSSR count). The molecule has 5 aliphatic rings. The van der Waals surface area contributed by atoms with Gasteiger partial charge in [-0.1, -0.05) is 12.1 Å². The van der Waals surface area contributed by atoms with E-state index in [1.807, 2.05) is 42.1 Å². The molecule has 3 N–H and O–H groups in total. The second-order valence-corrected chi connectivity index (χ2v) is 18.7. The van der Waals surface area contributed by atoms with Crippen molar-refractivity contribution in [1.29, 1.82) is 5.26 Å². The first-order valence-electron chi connectivity index (χ1n) is 22.9. The summed E-state index contributed by atoms with van der Waals surface area (Å²) in [6.45, 7) is 6.46. The number of imide groups is 1. The van der Waals surface area contributed by atoms with Crippen LogP contribution in [-0.4, -0.2) is 110 Å². The normalized spacial score (nSPS) is 22.8. The minimum atomic E-state index is -3.15. The van der Waals surface area contributed by atoms with Crippen LogP contribution in [0.4, 0.5) is 37.5 Å². The van der Waals surface area contributed by atoms with E-state index in [1.54, 1.807) is 17.6 Å². The number of carbonyl (C=O) groups excluding carboxylic acids is 2. The minimum absolute atomic E-state index is 0.120. The van der Waals surface area contributed by atoms with Crippen molar-refractivity contribution in [3.8, 4) is 11.8 Å². The van der Waals surface area contributed by atoms with Gasteiger partial charge in [-0.25, -0.2) is 13.8 Å². The lowest BCUT2D eigenvalue weighted by atomic mass is 9.92. The molecule has 1 aliphatic carbocycles. The number of para-hydroxylation sites is 1. The molecular weight excluding hydrogens is 849 g/mol. The molecule has 6 aromatic rings. The maximum atomic E-state index is 15.3. The van der Waals surface area contributed by atoms with Gasteiger partial charge in [-0.05, 0) is 75.1 Å². The number of nitriles is 1. The Hall–Kier alpha value is -6.81. The van der Waals surface area contributed by atoms with E-state index in [1.165, 1.54) is 10.8 Å². The zero-order valence-electron chi connectivity index (χ0n) is 37.1. The number of ether oxygens (including phenoxy) is 1. The number of aryl methyl sites for hydroxylation is 2. The van der Waals surface area contributed by atoms with Crippen LogP contribution in [-0.2, 0) is 23.7 Å². The highest BCUT2D eigenvalue weighted by atomic mass is 19.3. The molecule has 4 aromatic heterocycles. The third-order valence-corrected chi connectivity index (χ3v) is 14.4. The van der Waals surface area contributed by atoms with Crippen molar-refractivity contribution >= 4 is 68.0 Å². The SMILES string of the molecule is C[C@H]1CN(c2cc(Nc3ccc4c(c3)c3c(c(=O)n4C)OCC(F)(F)[C@H](C4CC4)N3)n3ncc(C#N)c3n2)CCN1CC1CCN(c2cccc3c(C4CCC(=O)NC4=O)nn(C)c23)CC1. The average Bonchev–Trinajstić information content (AvgIpc) is 4.00. The van der Waals surface area contributed by atoms with Crippen LogP contribution in [0.2, 0.25) is 0 Å². The summed E-state index contributed by atoms with van der Waals surface area (Å²) in [6, 6.07) is 14.9. The van der Waals surface area contributed by atoms with Crippen LogP contribution in [0.3, 0.4) is 0 Å². The number of pyridine rings is 1. The van der Waals surface area contributed by atoms with Crippen LogP contribution in [0.25, 0.3) is 27.5 Å². The summed E-state index contributed by atoms with van der Waals surface area (Å²) in [7, 11) is 3.53. The summed E-state index contributed by atoms with van der Waals surface area (Å²) in [5, 5.41) is 29.9. The van der Waals surface area contributed by atoms with Crippen molar-refractivity contribution in [1.82, 2.24) is 39.2 Å². The van der Waals surface area contributed by atoms with Crippen molar-refractivity contribution in [3.63, 3.8) is 0 Å². The smallest absolute Gasteiger partial charge is 0.301 e. The van der Waals surface area contributed by atoms with Crippen molar-refractivity contribution in [3.05, 3.63) is 70.3 Å². The number of carbonyl (C=O) groups is 2. The molecule has 1 unspecified atom stereocenters. The number of rotatable bonds is 8. The standard InChI is InChI=1S/C47H51F2N13O4/c1-26-23-61(18-17-60(26)24-27-13-15-59(16-14-27)35-6-4-5-31-39(56-58(3)41(31)35)32-10-12-38(63)54-45(32)64)36-20-37(62-44(53-36)29(21-50)22-51-62)52-30-9-11-34-33(19-30)40-42(46(65)57(34)2)66-25-47(48,49)43(55-40)28-7-8-28/h4-6,9,11,19-20,22,26-28,32,43,52,55H,7-8,10,12-18,23-25H2,1-3H3,(H,54,63,64)/t26-,32?,43-/m0/s1. The van der Waals surface area contributed by atoms with Gasteiger partial charge in [-0.15, -0.1) is 0 Å². The van der Waals surface area contributed by atoms with Gasteiger partial charge < -0.3 is 29.7 Å². The van der Waals surface area contributed by atoms with Crippen LogP contribution in [0.15, 0.2) is 53.5 Å². The second-order valence-electron chi connectivity index (χ2n) is 18.7. The Bertz CT molecular complexity index is 3050. The molecule has 3 saturated heterocycles. The molecule has 19 heteroatoms. The minimum Gasteiger partial charge on any atom is -0.480 e. The van der Waals surface area contributed by atoms with E-state index in [9.17, 15) is 19.6 Å². The number of aromatic nitrogens is 6. The Morgan fingerprint density at radius 1 is 0.985 bits per heavy atom. The monoisotopic (exact) mass is 899 g/mol. The topological polar surface area (TPSA) is 183 Å². The molecule has 2 aromatic carbocycles. The Morgan fingerprint density at radius 3 is 2.56 bits per heavy atom.